The van der Waals surface area contributed by atoms with Crippen LogP contribution in [0.4, 0.5) is 0 Å². The van der Waals surface area contributed by atoms with Crippen LogP contribution >= 0.6 is 0 Å². The molecule has 0 saturated carbocycles. The van der Waals surface area contributed by atoms with Gasteiger partial charge in [0, 0.05) is 32.0 Å². The lowest BCUT2D eigenvalue weighted by atomic mass is 9.80. The highest BCUT2D eigenvalue weighted by molar-refractivity contribution is 5.66. The summed E-state index contributed by atoms with van der Waals surface area (Å²) >= 11 is 0. The number of fused-ring (bicyclic) bond motifs is 2. The highest BCUT2D eigenvalue weighted by Crippen LogP contribution is 2.43. The number of rotatable bonds is 9. The first-order valence-electron chi connectivity index (χ1n) is 7.16. The van der Waals surface area contributed by atoms with Crippen LogP contribution < -0.4 is 0 Å². The molecule has 0 amide bonds. The van der Waals surface area contributed by atoms with Gasteiger partial charge in [-0.3, -0.25) is 4.79 Å². The van der Waals surface area contributed by atoms with E-state index < -0.39 is 5.97 Å². The summed E-state index contributed by atoms with van der Waals surface area (Å²) in [6.45, 7) is 2.09. The highest BCUT2D eigenvalue weighted by Gasteiger charge is 2.48. The average Bonchev–Trinajstić information content (AvgIpc) is 2.95. The molecular formula is C14H24O5. The van der Waals surface area contributed by atoms with E-state index in [1.54, 1.807) is 7.11 Å². The number of hydrogen-bond acceptors (Lipinski definition) is 4. The number of hydrogen-bond donors (Lipinski definition) is 1. The summed E-state index contributed by atoms with van der Waals surface area (Å²) in [5.41, 5.74) is 0. The Morgan fingerprint density at radius 2 is 1.89 bits per heavy atom. The average molecular weight is 272 g/mol. The molecule has 19 heavy (non-hydrogen) atoms. The largest absolute Gasteiger partial charge is 0.481 e. The van der Waals surface area contributed by atoms with Crippen molar-refractivity contribution in [3.05, 3.63) is 0 Å². The summed E-state index contributed by atoms with van der Waals surface area (Å²) in [5.74, 6) is 0.169. The van der Waals surface area contributed by atoms with Gasteiger partial charge in [-0.25, -0.2) is 0 Å². The Labute approximate surface area is 114 Å². The number of carbonyl (C=O) groups is 1. The Morgan fingerprint density at radius 1 is 1.21 bits per heavy atom. The van der Waals surface area contributed by atoms with Gasteiger partial charge in [0.15, 0.2) is 0 Å². The maximum atomic E-state index is 10.4. The fourth-order valence-corrected chi connectivity index (χ4v) is 3.22. The lowest BCUT2D eigenvalue weighted by molar-refractivity contribution is -0.137. The molecule has 1 N–H and O–H groups in total. The molecule has 2 saturated heterocycles. The molecule has 0 spiro atoms. The minimum absolute atomic E-state index is 0.229. The second-order valence-electron chi connectivity index (χ2n) is 5.50. The van der Waals surface area contributed by atoms with Crippen molar-refractivity contribution in [3.8, 4) is 0 Å². The molecule has 4 atom stereocenters. The zero-order valence-corrected chi connectivity index (χ0v) is 11.5. The molecule has 0 aromatic heterocycles. The second-order valence-corrected chi connectivity index (χ2v) is 5.50. The van der Waals surface area contributed by atoms with Crippen molar-refractivity contribution in [2.24, 2.45) is 11.8 Å². The van der Waals surface area contributed by atoms with E-state index in [-0.39, 0.29) is 6.42 Å². The monoisotopic (exact) mass is 272 g/mol. The van der Waals surface area contributed by atoms with Crippen molar-refractivity contribution >= 4 is 5.97 Å². The molecule has 0 aromatic rings. The molecule has 110 valence electrons. The van der Waals surface area contributed by atoms with Crippen LogP contribution in [-0.4, -0.2) is 50.2 Å². The lowest BCUT2D eigenvalue weighted by Gasteiger charge is -2.27. The van der Waals surface area contributed by atoms with E-state index in [0.717, 1.165) is 25.9 Å². The van der Waals surface area contributed by atoms with Crippen LogP contribution in [-0.2, 0) is 19.0 Å². The topological polar surface area (TPSA) is 65.0 Å². The van der Waals surface area contributed by atoms with Crippen molar-refractivity contribution < 1.29 is 24.1 Å². The standard InChI is InChI=1S/C14H24O5/c1-17-8-10-11(13-6-5-12(10)19-13)9-18-7-3-2-4-14(15)16/h10-13H,2-9H2,1H3,(H,15,16). The molecule has 2 aliphatic rings. The van der Waals surface area contributed by atoms with E-state index in [1.807, 2.05) is 0 Å². The van der Waals surface area contributed by atoms with Crippen LogP contribution in [0.1, 0.15) is 32.1 Å². The van der Waals surface area contributed by atoms with Crippen molar-refractivity contribution in [2.45, 2.75) is 44.3 Å². The Kier molecular flexibility index (Phi) is 5.60. The van der Waals surface area contributed by atoms with Crippen LogP contribution in [0.3, 0.4) is 0 Å². The molecule has 2 heterocycles. The molecule has 2 bridgehead atoms. The van der Waals surface area contributed by atoms with E-state index >= 15 is 0 Å². The maximum absolute atomic E-state index is 10.4. The van der Waals surface area contributed by atoms with E-state index in [0.29, 0.717) is 43.7 Å². The number of methoxy groups -OCH3 is 1. The van der Waals surface area contributed by atoms with Crippen LogP contribution in [0, 0.1) is 11.8 Å². The van der Waals surface area contributed by atoms with Gasteiger partial charge in [0.25, 0.3) is 0 Å². The van der Waals surface area contributed by atoms with Gasteiger partial charge in [0.2, 0.25) is 0 Å². The molecule has 5 nitrogen and oxygen atoms in total. The summed E-state index contributed by atoms with van der Waals surface area (Å²) < 4.78 is 16.9. The highest BCUT2D eigenvalue weighted by atomic mass is 16.5. The number of aliphatic carboxylic acids is 1. The summed E-state index contributed by atoms with van der Waals surface area (Å²) in [5, 5.41) is 8.54. The molecule has 0 aliphatic carbocycles. The van der Waals surface area contributed by atoms with E-state index in [4.69, 9.17) is 19.3 Å². The SMILES string of the molecule is COCC1C2CCC(O2)C1COCCCCC(=O)O. The summed E-state index contributed by atoms with van der Waals surface area (Å²) in [6.07, 6.45) is 4.70. The van der Waals surface area contributed by atoms with Crippen LogP contribution in [0.25, 0.3) is 0 Å². The van der Waals surface area contributed by atoms with Gasteiger partial charge in [-0.15, -0.1) is 0 Å². The van der Waals surface area contributed by atoms with Crippen LogP contribution in [0.15, 0.2) is 0 Å². The first-order valence-corrected chi connectivity index (χ1v) is 7.16. The first-order chi connectivity index (χ1) is 9.22. The third-order valence-corrected chi connectivity index (χ3v) is 4.19. The number of carboxylic acids is 1. The minimum atomic E-state index is -0.735. The van der Waals surface area contributed by atoms with Gasteiger partial charge in [-0.05, 0) is 25.7 Å². The van der Waals surface area contributed by atoms with Gasteiger partial charge < -0.3 is 19.3 Å². The normalized spacial score (nSPS) is 32.9. The third-order valence-electron chi connectivity index (χ3n) is 4.19. The quantitative estimate of drug-likeness (QED) is 0.647. The van der Waals surface area contributed by atoms with Crippen molar-refractivity contribution in [1.82, 2.24) is 0 Å². The van der Waals surface area contributed by atoms with E-state index in [1.165, 1.54) is 0 Å². The summed E-state index contributed by atoms with van der Waals surface area (Å²) in [7, 11) is 1.73. The Balaban J connectivity index is 1.63. The first kappa shape index (κ1) is 14.8. The van der Waals surface area contributed by atoms with Crippen molar-refractivity contribution in [2.75, 3.05) is 26.9 Å². The Bertz CT molecular complexity index is 294. The summed E-state index contributed by atoms with van der Waals surface area (Å²) in [6, 6.07) is 0. The molecule has 4 unspecified atom stereocenters. The molecule has 2 aliphatic heterocycles. The van der Waals surface area contributed by atoms with Crippen LogP contribution in [0.2, 0.25) is 0 Å². The zero-order chi connectivity index (χ0) is 13.7. The zero-order valence-electron chi connectivity index (χ0n) is 11.5. The minimum Gasteiger partial charge on any atom is -0.481 e. The van der Waals surface area contributed by atoms with Gasteiger partial charge >= 0.3 is 5.97 Å². The van der Waals surface area contributed by atoms with E-state index in [2.05, 4.69) is 0 Å². The predicted octanol–water partition coefficient (Wildman–Crippen LogP) is 1.70. The fraction of sp³-hybridized carbons (Fsp3) is 0.929. The predicted molar refractivity (Wildman–Crippen MR) is 69.1 cm³/mol. The molecule has 0 aromatic carbocycles. The van der Waals surface area contributed by atoms with Gasteiger partial charge in [-0.1, -0.05) is 0 Å². The van der Waals surface area contributed by atoms with Crippen molar-refractivity contribution in [1.29, 1.82) is 0 Å². The molecule has 5 heteroatoms. The molecule has 0 radical (unpaired) electrons. The fourth-order valence-electron chi connectivity index (χ4n) is 3.22. The number of ether oxygens (including phenoxy) is 3. The Morgan fingerprint density at radius 3 is 2.53 bits per heavy atom. The molecular weight excluding hydrogens is 248 g/mol. The van der Waals surface area contributed by atoms with E-state index in [9.17, 15) is 4.79 Å². The number of unbranched alkanes of at least 4 members (excludes halogenated alkanes) is 1. The second kappa shape index (κ2) is 7.22. The Hall–Kier alpha value is -0.650. The lowest BCUT2D eigenvalue weighted by Crippen LogP contribution is -2.33. The van der Waals surface area contributed by atoms with Gasteiger partial charge in [-0.2, -0.15) is 0 Å². The summed E-state index contributed by atoms with van der Waals surface area (Å²) in [4.78, 5) is 10.4. The van der Waals surface area contributed by atoms with Crippen LogP contribution in [0.5, 0.6) is 0 Å². The van der Waals surface area contributed by atoms with Gasteiger partial charge in [0.05, 0.1) is 25.4 Å². The number of carboxylic acid groups (broad SMARTS) is 1. The smallest absolute Gasteiger partial charge is 0.303 e. The maximum Gasteiger partial charge on any atom is 0.303 e. The third kappa shape index (κ3) is 3.91. The molecule has 2 fully saturated rings. The molecule has 2 rings (SSSR count). The van der Waals surface area contributed by atoms with Crippen molar-refractivity contribution in [3.63, 3.8) is 0 Å². The van der Waals surface area contributed by atoms with Gasteiger partial charge in [0.1, 0.15) is 0 Å².